The summed E-state index contributed by atoms with van der Waals surface area (Å²) in [5, 5.41) is 0. The topological polar surface area (TPSA) is 69.7 Å². The fourth-order valence-corrected chi connectivity index (χ4v) is 6.09. The van der Waals surface area contributed by atoms with Crippen LogP contribution in [0.15, 0.2) is 42.5 Å². The largest absolute Gasteiger partial charge is 0.468 e. The Morgan fingerprint density at radius 1 is 1.04 bits per heavy atom. The van der Waals surface area contributed by atoms with Crippen molar-refractivity contribution in [3.8, 4) is 0 Å². The molecule has 0 aliphatic heterocycles. The summed E-state index contributed by atoms with van der Waals surface area (Å²) in [6.45, 7) is 1.84. The van der Waals surface area contributed by atoms with E-state index in [9.17, 15) is 14.4 Å². The average molecular weight is 354 g/mol. The van der Waals surface area contributed by atoms with Crippen LogP contribution in [0, 0.1) is 34.5 Å². The van der Waals surface area contributed by atoms with Crippen molar-refractivity contribution in [3.63, 3.8) is 0 Å². The molecule has 26 heavy (non-hydrogen) atoms. The van der Waals surface area contributed by atoms with Crippen molar-refractivity contribution >= 4 is 17.7 Å². The zero-order valence-corrected chi connectivity index (χ0v) is 15.1. The quantitative estimate of drug-likeness (QED) is 0.352. The molecule has 136 valence electrons. The predicted molar refractivity (Wildman–Crippen MR) is 93.1 cm³/mol. The number of hydrogen-bond donors (Lipinski definition) is 0. The molecule has 0 amide bonds. The van der Waals surface area contributed by atoms with Gasteiger partial charge in [-0.3, -0.25) is 14.4 Å². The van der Waals surface area contributed by atoms with Gasteiger partial charge in [0.15, 0.2) is 11.2 Å². The highest BCUT2D eigenvalue weighted by molar-refractivity contribution is 6.09. The van der Waals surface area contributed by atoms with Crippen molar-refractivity contribution in [1.82, 2.24) is 0 Å². The molecule has 2 saturated carbocycles. The van der Waals surface area contributed by atoms with E-state index in [1.54, 1.807) is 12.1 Å². The smallest absolute Gasteiger partial charge is 0.324 e. The number of fused-ring (bicyclic) bond motifs is 5. The molecule has 0 N–H and O–H groups in total. The highest BCUT2D eigenvalue weighted by Gasteiger charge is 2.93. The Bertz CT molecular complexity index is 795. The summed E-state index contributed by atoms with van der Waals surface area (Å²) in [5.41, 5.74) is -1.56. The molecule has 4 rings (SSSR count). The first-order valence-electron chi connectivity index (χ1n) is 8.92. The first-order valence-corrected chi connectivity index (χ1v) is 8.92. The molecule has 2 bridgehead atoms. The predicted octanol–water partition coefficient (Wildman–Crippen LogP) is 2.66. The number of carbonyl (C=O) groups is 3. The van der Waals surface area contributed by atoms with E-state index in [4.69, 9.17) is 9.47 Å². The molecular weight excluding hydrogens is 332 g/mol. The van der Waals surface area contributed by atoms with E-state index in [1.807, 2.05) is 25.1 Å². The lowest BCUT2D eigenvalue weighted by atomic mass is 9.71. The molecule has 0 saturated heterocycles. The van der Waals surface area contributed by atoms with E-state index < -0.39 is 28.7 Å². The molecule has 1 aromatic rings. The Labute approximate surface area is 152 Å². The molecule has 0 aromatic heterocycles. The number of methoxy groups -OCH3 is 2. The van der Waals surface area contributed by atoms with Crippen molar-refractivity contribution in [2.45, 2.75) is 13.3 Å². The molecule has 0 spiro atoms. The van der Waals surface area contributed by atoms with Crippen LogP contribution in [0.2, 0.25) is 0 Å². The van der Waals surface area contributed by atoms with Crippen molar-refractivity contribution in [1.29, 1.82) is 0 Å². The van der Waals surface area contributed by atoms with Crippen LogP contribution in [0.1, 0.15) is 23.7 Å². The van der Waals surface area contributed by atoms with E-state index in [-0.39, 0.29) is 23.5 Å². The molecule has 5 atom stereocenters. The Kier molecular flexibility index (Phi) is 3.62. The van der Waals surface area contributed by atoms with E-state index in [1.165, 1.54) is 14.2 Å². The van der Waals surface area contributed by atoms with Gasteiger partial charge in [-0.1, -0.05) is 49.4 Å². The summed E-state index contributed by atoms with van der Waals surface area (Å²) in [4.78, 5) is 38.9. The Hall–Kier alpha value is -2.43. The fourth-order valence-electron chi connectivity index (χ4n) is 6.09. The summed E-state index contributed by atoms with van der Waals surface area (Å²) >= 11 is 0. The van der Waals surface area contributed by atoms with Crippen LogP contribution in [0.25, 0.3) is 0 Å². The maximum atomic E-state index is 13.2. The molecule has 0 heterocycles. The van der Waals surface area contributed by atoms with Crippen molar-refractivity contribution in [2.24, 2.45) is 34.5 Å². The number of allylic oxidation sites excluding steroid dienone is 2. The molecule has 3 aliphatic carbocycles. The second kappa shape index (κ2) is 5.53. The number of hydrogen-bond acceptors (Lipinski definition) is 5. The lowest BCUT2D eigenvalue weighted by Crippen LogP contribution is -2.42. The maximum absolute atomic E-state index is 13.2. The zero-order chi connectivity index (χ0) is 18.7. The SMILES string of the molecule is COC(=O)C1(C(=O)OC)C2C3C=CC(C3)C21C(C)C(=O)c1ccccc1. The monoisotopic (exact) mass is 354 g/mol. The standard InChI is InChI=1S/C21H22O5/c1-12(16(22)13-7-5-4-6-8-13)20-15-10-9-14(11-15)17(20)21(20,18(23)25-2)19(24)26-3/h4-10,12,14-15,17H,11H2,1-3H3. The third-order valence-corrected chi connectivity index (χ3v) is 6.92. The summed E-state index contributed by atoms with van der Waals surface area (Å²) in [6.07, 6.45) is 5.00. The molecule has 3 aliphatic rings. The van der Waals surface area contributed by atoms with Gasteiger partial charge in [-0.15, -0.1) is 0 Å². The van der Waals surface area contributed by atoms with Crippen molar-refractivity contribution in [2.75, 3.05) is 14.2 Å². The molecule has 5 heteroatoms. The number of ketones is 1. The number of benzene rings is 1. The normalized spacial score (nSPS) is 33.3. The van der Waals surface area contributed by atoms with Crippen LogP contribution in [0.5, 0.6) is 0 Å². The molecule has 5 nitrogen and oxygen atoms in total. The van der Waals surface area contributed by atoms with Gasteiger partial charge in [-0.05, 0) is 18.3 Å². The number of rotatable bonds is 5. The van der Waals surface area contributed by atoms with Gasteiger partial charge >= 0.3 is 11.9 Å². The maximum Gasteiger partial charge on any atom is 0.324 e. The van der Waals surface area contributed by atoms with E-state index in [0.29, 0.717) is 5.56 Å². The van der Waals surface area contributed by atoms with E-state index in [2.05, 4.69) is 12.2 Å². The molecular formula is C21H22O5. The van der Waals surface area contributed by atoms with Crippen molar-refractivity contribution < 1.29 is 23.9 Å². The first kappa shape index (κ1) is 17.0. The Balaban J connectivity index is 1.83. The summed E-state index contributed by atoms with van der Waals surface area (Å²) in [5.74, 6) is -1.85. The Morgan fingerprint density at radius 2 is 1.65 bits per heavy atom. The zero-order valence-electron chi connectivity index (χ0n) is 15.1. The van der Waals surface area contributed by atoms with Crippen LogP contribution in [-0.4, -0.2) is 31.9 Å². The van der Waals surface area contributed by atoms with Gasteiger partial charge in [-0.2, -0.15) is 0 Å². The molecule has 2 fully saturated rings. The number of ether oxygens (including phenoxy) is 2. The lowest BCUT2D eigenvalue weighted by molar-refractivity contribution is -0.166. The van der Waals surface area contributed by atoms with Crippen LogP contribution < -0.4 is 0 Å². The summed E-state index contributed by atoms with van der Waals surface area (Å²) in [7, 11) is 2.57. The average Bonchev–Trinajstić information content (AvgIpc) is 2.93. The third-order valence-electron chi connectivity index (χ3n) is 6.92. The number of Topliss-reactive ketones (excluding diaryl/α,β-unsaturated/α-hetero) is 1. The van der Waals surface area contributed by atoms with Crippen molar-refractivity contribution in [3.05, 3.63) is 48.0 Å². The summed E-state index contributed by atoms with van der Waals surface area (Å²) in [6, 6.07) is 9.03. The van der Waals surface area contributed by atoms with E-state index >= 15 is 0 Å². The number of carbonyl (C=O) groups excluding carboxylic acids is 3. The van der Waals surface area contributed by atoms with Gasteiger partial charge in [0.2, 0.25) is 0 Å². The van der Waals surface area contributed by atoms with Gasteiger partial charge in [-0.25, -0.2) is 0 Å². The minimum absolute atomic E-state index is 0.00152. The fraction of sp³-hybridized carbons (Fsp3) is 0.476. The Morgan fingerprint density at radius 3 is 2.23 bits per heavy atom. The second-order valence-electron chi connectivity index (χ2n) is 7.54. The minimum atomic E-state index is -1.39. The lowest BCUT2D eigenvalue weighted by Gasteiger charge is -2.31. The highest BCUT2D eigenvalue weighted by Crippen LogP contribution is 2.86. The minimum Gasteiger partial charge on any atom is -0.468 e. The van der Waals surface area contributed by atoms with Gasteiger partial charge in [0.05, 0.1) is 14.2 Å². The van der Waals surface area contributed by atoms with Crippen LogP contribution in [-0.2, 0) is 19.1 Å². The van der Waals surface area contributed by atoms with Gasteiger partial charge < -0.3 is 9.47 Å². The highest BCUT2D eigenvalue weighted by atomic mass is 16.5. The van der Waals surface area contributed by atoms with Gasteiger partial charge in [0.1, 0.15) is 0 Å². The van der Waals surface area contributed by atoms with Crippen LogP contribution >= 0.6 is 0 Å². The van der Waals surface area contributed by atoms with Gasteiger partial charge in [0.25, 0.3) is 0 Å². The van der Waals surface area contributed by atoms with E-state index in [0.717, 1.165) is 6.42 Å². The van der Waals surface area contributed by atoms with Crippen LogP contribution in [0.4, 0.5) is 0 Å². The number of esters is 2. The first-order chi connectivity index (χ1) is 12.5. The molecule has 1 aromatic carbocycles. The third kappa shape index (κ3) is 1.69. The van der Waals surface area contributed by atoms with Crippen LogP contribution in [0.3, 0.4) is 0 Å². The molecule has 0 radical (unpaired) electrons. The molecule has 5 unspecified atom stereocenters. The van der Waals surface area contributed by atoms with Gasteiger partial charge in [0, 0.05) is 22.8 Å². The second-order valence-corrected chi connectivity index (χ2v) is 7.54. The summed E-state index contributed by atoms with van der Waals surface area (Å²) < 4.78 is 10.1.